The minimum atomic E-state index is -5.46. The smallest absolute Gasteiger partial charge is 0.397 e. The van der Waals surface area contributed by atoms with Gasteiger partial charge in [0.05, 0.1) is 28.3 Å². The molecule has 0 radical (unpaired) electrons. The maximum absolute atomic E-state index is 13.0. The van der Waals surface area contributed by atoms with Crippen molar-refractivity contribution in [3.8, 4) is 5.75 Å². The topological polar surface area (TPSA) is 335 Å². The molecule has 6 N–H and O–H groups in total. The van der Waals surface area contributed by atoms with Crippen LogP contribution in [0.3, 0.4) is 0 Å². The third-order valence-electron chi connectivity index (χ3n) is 7.40. The van der Waals surface area contributed by atoms with Gasteiger partial charge in [-0.2, -0.15) is 33.7 Å². The number of hydrogen-bond acceptors (Lipinski definition) is 15. The van der Waals surface area contributed by atoms with Crippen molar-refractivity contribution in [3.63, 3.8) is 0 Å². The van der Waals surface area contributed by atoms with Crippen LogP contribution in [0.4, 0.5) is 17.1 Å². The number of carbonyl (C=O) groups excluding carboxylic acids is 1. The van der Waals surface area contributed by atoms with Crippen molar-refractivity contribution in [2.45, 2.75) is 19.6 Å². The lowest BCUT2D eigenvalue weighted by molar-refractivity contribution is 0.102. The van der Waals surface area contributed by atoms with E-state index in [4.69, 9.17) is 4.55 Å². The number of benzene rings is 5. The van der Waals surface area contributed by atoms with E-state index in [2.05, 4.69) is 19.7 Å². The van der Waals surface area contributed by atoms with Gasteiger partial charge >= 0.3 is 10.4 Å². The van der Waals surface area contributed by atoms with Gasteiger partial charge in [0, 0.05) is 16.3 Å². The molecular weight excluding hydrogens is 823 g/mol. The van der Waals surface area contributed by atoms with Gasteiger partial charge in [-0.05, 0) is 53.9 Å². The number of aromatic hydroxyl groups is 1. The number of sulfone groups is 1. The first-order chi connectivity index (χ1) is 24.9. The van der Waals surface area contributed by atoms with Crippen molar-refractivity contribution >= 4 is 95.1 Å². The lowest BCUT2D eigenvalue weighted by Gasteiger charge is -2.15. The van der Waals surface area contributed by atoms with Gasteiger partial charge in [0.2, 0.25) is 0 Å². The van der Waals surface area contributed by atoms with Crippen LogP contribution in [0.5, 0.6) is 5.75 Å². The highest BCUT2D eigenvalue weighted by Gasteiger charge is 2.29. The number of amides is 1. The maximum atomic E-state index is 13.0. The van der Waals surface area contributed by atoms with E-state index >= 15 is 0 Å². The molecular formula is C29H23N3O17S5. The van der Waals surface area contributed by atoms with Gasteiger partial charge in [-0.1, -0.05) is 30.3 Å². The Labute approximate surface area is 305 Å². The zero-order chi connectivity index (χ0) is 40.0. The molecule has 0 atom stereocenters. The van der Waals surface area contributed by atoms with Gasteiger partial charge in [0.25, 0.3) is 36.3 Å². The highest BCUT2D eigenvalue weighted by molar-refractivity contribution is 7.91. The molecule has 54 heavy (non-hydrogen) atoms. The van der Waals surface area contributed by atoms with E-state index in [1.165, 1.54) is 24.3 Å². The second-order valence-corrected chi connectivity index (χ2v) is 18.3. The number of anilines is 1. The number of hydrogen-bond donors (Lipinski definition) is 6. The Morgan fingerprint density at radius 1 is 0.685 bits per heavy atom. The van der Waals surface area contributed by atoms with Crippen LogP contribution in [0.25, 0.3) is 21.5 Å². The first-order valence-corrected chi connectivity index (χ1v) is 21.7. The van der Waals surface area contributed by atoms with Gasteiger partial charge in [0.1, 0.15) is 26.1 Å². The number of nitrogens with zero attached hydrogens (tertiary/aromatic N) is 2. The minimum Gasteiger partial charge on any atom is -0.505 e. The molecule has 0 saturated carbocycles. The third kappa shape index (κ3) is 8.70. The van der Waals surface area contributed by atoms with E-state index in [0.29, 0.717) is 6.07 Å². The summed E-state index contributed by atoms with van der Waals surface area (Å²) in [5, 5.41) is 19.2. The second kappa shape index (κ2) is 14.4. The molecule has 0 fully saturated rings. The summed E-state index contributed by atoms with van der Waals surface area (Å²) in [5.41, 5.74) is -2.15. The summed E-state index contributed by atoms with van der Waals surface area (Å²) in [4.78, 5) is 9.21. The summed E-state index contributed by atoms with van der Waals surface area (Å²) in [6.45, 7) is -0.972. The lowest BCUT2D eigenvalue weighted by atomic mass is 10.1. The van der Waals surface area contributed by atoms with Crippen molar-refractivity contribution in [3.05, 3.63) is 84.4 Å². The van der Waals surface area contributed by atoms with Gasteiger partial charge < -0.3 is 10.4 Å². The first kappa shape index (κ1) is 40.2. The zero-order valence-electron chi connectivity index (χ0n) is 26.5. The van der Waals surface area contributed by atoms with Crippen LogP contribution >= 0.6 is 0 Å². The number of phenolic OH excluding ortho intramolecular Hbond substituents is 1. The normalized spacial score (nSPS) is 13.1. The lowest BCUT2D eigenvalue weighted by Crippen LogP contribution is -2.15. The summed E-state index contributed by atoms with van der Waals surface area (Å²) in [5.74, 6) is -2.99. The predicted molar refractivity (Wildman–Crippen MR) is 187 cm³/mol. The molecule has 0 bridgehead atoms. The Bertz CT molecular complexity index is 2970. The molecule has 0 aromatic heterocycles. The number of carbonyl (C=O) groups is 1. The van der Waals surface area contributed by atoms with Crippen LogP contribution < -0.4 is 5.32 Å². The third-order valence-corrected chi connectivity index (χ3v) is 12.3. The van der Waals surface area contributed by atoms with E-state index in [0.717, 1.165) is 42.5 Å². The molecule has 1 amide bonds. The van der Waals surface area contributed by atoms with Crippen molar-refractivity contribution in [1.82, 2.24) is 0 Å². The summed E-state index contributed by atoms with van der Waals surface area (Å²) in [7, 11) is -25.2. The van der Waals surface area contributed by atoms with Gasteiger partial charge in [0.15, 0.2) is 15.6 Å². The molecule has 286 valence electrons. The predicted octanol–water partition coefficient (Wildman–Crippen LogP) is 3.70. The molecule has 0 heterocycles. The fourth-order valence-corrected chi connectivity index (χ4v) is 8.81. The Hall–Kier alpha value is -4.96. The molecule has 0 aliphatic carbocycles. The largest absolute Gasteiger partial charge is 0.505 e. The number of fused-ring (bicyclic) bond motifs is 2. The highest BCUT2D eigenvalue weighted by atomic mass is 32.3. The number of nitrogens with one attached hydrogen (secondary N) is 1. The standard InChI is InChI=1S/C29H23N3O17S5/c33-27-25-20(23(51(37,38)39)11-10-21(25)30-29(34)16-4-2-1-3-5-16)15-24(52(40,41)42)26(27)32-31-22-9-6-17-14-18(7-8-19(17)28(22)53(43,44)45)50(35,36)13-12-49-54(46,47)48/h1-11,14-15,33H,12-13H2,(H,30,34)(H,37,38,39)(H,40,41,42)(H,43,44,45)(H,46,47,48). The maximum Gasteiger partial charge on any atom is 0.397 e. The summed E-state index contributed by atoms with van der Waals surface area (Å²) < 4.78 is 164. The van der Waals surface area contributed by atoms with Crippen LogP contribution in [0.2, 0.25) is 0 Å². The molecule has 0 unspecified atom stereocenters. The highest BCUT2D eigenvalue weighted by Crippen LogP contribution is 2.46. The Balaban J connectivity index is 1.71. The van der Waals surface area contributed by atoms with Crippen molar-refractivity contribution in [2.75, 3.05) is 17.7 Å². The zero-order valence-corrected chi connectivity index (χ0v) is 30.6. The van der Waals surface area contributed by atoms with Gasteiger partial charge in [-0.15, -0.1) is 10.2 Å². The van der Waals surface area contributed by atoms with E-state index in [1.54, 1.807) is 6.07 Å². The monoisotopic (exact) mass is 845 g/mol. The quantitative estimate of drug-likeness (QED) is 0.0770. The van der Waals surface area contributed by atoms with Crippen molar-refractivity contribution in [1.29, 1.82) is 0 Å². The Morgan fingerprint density at radius 3 is 1.93 bits per heavy atom. The minimum absolute atomic E-state index is 0.0865. The van der Waals surface area contributed by atoms with E-state index in [1.807, 2.05) is 0 Å². The van der Waals surface area contributed by atoms with Crippen molar-refractivity contribution < 1.29 is 74.4 Å². The Kier molecular flexibility index (Phi) is 10.7. The average molecular weight is 846 g/mol. The molecule has 0 spiro atoms. The number of azo groups is 1. The van der Waals surface area contributed by atoms with Gasteiger partial charge in [-0.25, -0.2) is 12.6 Å². The second-order valence-electron chi connectivity index (χ2n) is 10.9. The average Bonchev–Trinajstić information content (AvgIpc) is 3.05. The van der Waals surface area contributed by atoms with Crippen LogP contribution in [-0.2, 0) is 54.8 Å². The van der Waals surface area contributed by atoms with Crippen LogP contribution in [0.1, 0.15) is 10.4 Å². The summed E-state index contributed by atoms with van der Waals surface area (Å²) in [6.07, 6.45) is 0. The molecule has 0 saturated heterocycles. The van der Waals surface area contributed by atoms with Crippen LogP contribution in [0, 0.1) is 0 Å². The molecule has 5 aromatic carbocycles. The summed E-state index contributed by atoms with van der Waals surface area (Å²) in [6, 6.07) is 14.3. The summed E-state index contributed by atoms with van der Waals surface area (Å²) >= 11 is 0. The fraction of sp³-hybridized carbons (Fsp3) is 0.0690. The molecule has 0 aliphatic heterocycles. The van der Waals surface area contributed by atoms with E-state index < -0.39 is 116 Å². The fourth-order valence-electron chi connectivity index (χ4n) is 5.12. The van der Waals surface area contributed by atoms with E-state index in [-0.39, 0.29) is 22.0 Å². The Morgan fingerprint density at radius 2 is 1.33 bits per heavy atom. The van der Waals surface area contributed by atoms with Crippen LogP contribution in [0.15, 0.2) is 109 Å². The van der Waals surface area contributed by atoms with E-state index in [9.17, 15) is 65.6 Å². The molecule has 5 aromatic rings. The SMILES string of the molecule is O=C(Nc1ccc(S(=O)(=O)O)c2cc(S(=O)(=O)O)c(N=Nc3ccc4cc(S(=O)(=O)CCOS(=O)(=O)O)ccc4c3S(=O)(=O)O)c(O)c12)c1ccccc1. The first-order valence-electron chi connectivity index (χ1n) is 14.3. The van der Waals surface area contributed by atoms with Crippen molar-refractivity contribution in [2.24, 2.45) is 10.2 Å². The molecule has 5 rings (SSSR count). The van der Waals surface area contributed by atoms with Crippen LogP contribution in [-0.4, -0.2) is 83.7 Å². The number of phenols is 1. The van der Waals surface area contributed by atoms with Gasteiger partial charge in [-0.3, -0.25) is 23.0 Å². The molecule has 0 aliphatic rings. The molecule has 20 nitrogen and oxygen atoms in total. The molecule has 25 heteroatoms. The number of rotatable bonds is 12.